The molecule has 0 fully saturated rings. The molecule has 1 heterocycles. The molecule has 1 aromatic heterocycles. The van der Waals surface area contributed by atoms with Gasteiger partial charge in [-0.25, -0.2) is 0 Å². The maximum absolute atomic E-state index is 13.1. The molecule has 1 aromatic carbocycles. The second kappa shape index (κ2) is 7.64. The molecule has 2 aromatic rings. The summed E-state index contributed by atoms with van der Waals surface area (Å²) in [5, 5.41) is 6.87. The number of nitrogens with one attached hydrogen (secondary N) is 2. The van der Waals surface area contributed by atoms with Gasteiger partial charge in [-0.15, -0.1) is 11.3 Å². The molecule has 0 spiro atoms. The smallest absolute Gasteiger partial charge is 0.258 e. The van der Waals surface area contributed by atoms with Gasteiger partial charge in [-0.05, 0) is 48.3 Å². The van der Waals surface area contributed by atoms with E-state index >= 15 is 0 Å². The van der Waals surface area contributed by atoms with Crippen molar-refractivity contribution in [1.29, 1.82) is 0 Å². The number of hydrogen-bond acceptors (Lipinski definition) is 3. The van der Waals surface area contributed by atoms with Crippen molar-refractivity contribution in [2.45, 2.75) is 47.0 Å². The number of hydrogen-bond donors (Lipinski definition) is 2. The minimum Gasteiger partial charge on any atom is -0.321 e. The van der Waals surface area contributed by atoms with E-state index in [9.17, 15) is 9.59 Å². The van der Waals surface area contributed by atoms with Gasteiger partial charge in [-0.3, -0.25) is 9.59 Å². The van der Waals surface area contributed by atoms with E-state index < -0.39 is 0 Å². The Balaban J connectivity index is 1.96. The lowest BCUT2D eigenvalue weighted by Gasteiger charge is -2.33. The van der Waals surface area contributed by atoms with Crippen LogP contribution < -0.4 is 10.6 Å². The second-order valence-corrected chi connectivity index (χ2v) is 9.64. The predicted molar refractivity (Wildman–Crippen MR) is 113 cm³/mol. The Morgan fingerprint density at radius 1 is 1.19 bits per heavy atom. The normalized spacial score (nSPS) is 16.6. The molecule has 2 amide bonds. The number of amides is 2. The highest BCUT2D eigenvalue weighted by molar-refractivity contribution is 7.17. The zero-order valence-electron chi connectivity index (χ0n) is 16.1. The molecule has 1 aliphatic rings. The Hall–Kier alpha value is -1.85. The van der Waals surface area contributed by atoms with E-state index in [-0.39, 0.29) is 17.2 Å². The summed E-state index contributed by atoms with van der Waals surface area (Å²) in [4.78, 5) is 25.9. The van der Waals surface area contributed by atoms with Crippen molar-refractivity contribution in [3.8, 4) is 0 Å². The Morgan fingerprint density at radius 2 is 1.89 bits per heavy atom. The van der Waals surface area contributed by atoms with E-state index in [2.05, 4.69) is 31.4 Å². The Bertz CT molecular complexity index is 883. The number of fused-ring (bicyclic) bond motifs is 1. The zero-order valence-corrected chi connectivity index (χ0v) is 17.7. The van der Waals surface area contributed by atoms with Crippen LogP contribution in [0.4, 0.5) is 10.7 Å². The van der Waals surface area contributed by atoms with Gasteiger partial charge in [-0.2, -0.15) is 0 Å². The number of thiophene rings is 1. The number of rotatable bonds is 3. The van der Waals surface area contributed by atoms with Crippen LogP contribution in [0.3, 0.4) is 0 Å². The van der Waals surface area contributed by atoms with Crippen molar-refractivity contribution in [2.24, 2.45) is 11.3 Å². The quantitative estimate of drug-likeness (QED) is 0.682. The molecule has 1 atom stereocenters. The predicted octanol–water partition coefficient (Wildman–Crippen LogP) is 5.76. The third kappa shape index (κ3) is 4.36. The van der Waals surface area contributed by atoms with Crippen LogP contribution in [0.2, 0.25) is 5.02 Å². The maximum atomic E-state index is 13.1. The summed E-state index contributed by atoms with van der Waals surface area (Å²) in [6.07, 6.45) is 2.83. The van der Waals surface area contributed by atoms with E-state index in [1.807, 2.05) is 12.1 Å². The molecule has 144 valence electrons. The first-order valence-corrected chi connectivity index (χ1v) is 10.3. The zero-order chi connectivity index (χ0) is 19.8. The summed E-state index contributed by atoms with van der Waals surface area (Å²) in [5.41, 5.74) is 2.43. The summed E-state index contributed by atoms with van der Waals surface area (Å²) in [6.45, 7) is 8.24. The van der Waals surface area contributed by atoms with Gasteiger partial charge in [0, 0.05) is 11.8 Å². The fourth-order valence-electron chi connectivity index (χ4n) is 3.56. The fraction of sp³-hybridized carbons (Fsp3) is 0.429. The van der Waals surface area contributed by atoms with Crippen LogP contribution in [0, 0.1) is 11.3 Å². The van der Waals surface area contributed by atoms with Crippen LogP contribution in [-0.4, -0.2) is 11.8 Å². The van der Waals surface area contributed by atoms with Gasteiger partial charge in [0.05, 0.1) is 16.3 Å². The van der Waals surface area contributed by atoms with Crippen molar-refractivity contribution in [3.05, 3.63) is 45.3 Å². The van der Waals surface area contributed by atoms with Crippen LogP contribution in [-0.2, 0) is 17.6 Å². The Morgan fingerprint density at radius 3 is 2.52 bits per heavy atom. The standard InChI is InChI=1S/C21H25ClN2O2S/c1-12(25)23-20-18(19(26)24-16-8-6-5-7-15(16)22)14-10-9-13(21(2,3)4)11-17(14)27-20/h5-8,13H,9-11H2,1-4H3,(H,23,25)(H,24,26). The lowest BCUT2D eigenvalue weighted by Crippen LogP contribution is -2.27. The van der Waals surface area contributed by atoms with Gasteiger partial charge < -0.3 is 10.6 Å². The molecule has 0 aliphatic heterocycles. The second-order valence-electron chi connectivity index (χ2n) is 8.13. The number of carbonyl (C=O) groups excluding carboxylic acids is 2. The van der Waals surface area contributed by atoms with Crippen molar-refractivity contribution < 1.29 is 9.59 Å². The lowest BCUT2D eigenvalue weighted by atomic mass is 9.72. The molecule has 0 bridgehead atoms. The van der Waals surface area contributed by atoms with Crippen LogP contribution in [0.25, 0.3) is 0 Å². The first-order valence-electron chi connectivity index (χ1n) is 9.15. The van der Waals surface area contributed by atoms with E-state index in [4.69, 9.17) is 11.6 Å². The number of anilines is 2. The number of para-hydroxylation sites is 1. The summed E-state index contributed by atoms with van der Waals surface area (Å²) in [5.74, 6) is 0.166. The van der Waals surface area contributed by atoms with E-state index in [0.717, 1.165) is 24.8 Å². The summed E-state index contributed by atoms with van der Waals surface area (Å²) in [6, 6.07) is 7.16. The van der Waals surface area contributed by atoms with Crippen LogP contribution in [0.5, 0.6) is 0 Å². The average Bonchev–Trinajstić information content (AvgIpc) is 2.92. The molecular formula is C21H25ClN2O2S. The van der Waals surface area contributed by atoms with Gasteiger partial charge in [-0.1, -0.05) is 44.5 Å². The minimum absolute atomic E-state index is 0.173. The Kier molecular flexibility index (Phi) is 5.63. The van der Waals surface area contributed by atoms with Crippen LogP contribution in [0.1, 0.15) is 54.9 Å². The van der Waals surface area contributed by atoms with Crippen LogP contribution in [0.15, 0.2) is 24.3 Å². The molecule has 4 nitrogen and oxygen atoms in total. The lowest BCUT2D eigenvalue weighted by molar-refractivity contribution is -0.114. The highest BCUT2D eigenvalue weighted by atomic mass is 35.5. The number of halogens is 1. The van der Waals surface area contributed by atoms with Crippen molar-refractivity contribution in [1.82, 2.24) is 0 Å². The third-order valence-electron chi connectivity index (χ3n) is 5.13. The minimum atomic E-state index is -0.224. The summed E-state index contributed by atoms with van der Waals surface area (Å²) >= 11 is 7.71. The number of carbonyl (C=O) groups is 2. The molecule has 3 rings (SSSR count). The summed E-state index contributed by atoms with van der Waals surface area (Å²) < 4.78 is 0. The molecular weight excluding hydrogens is 380 g/mol. The van der Waals surface area contributed by atoms with Gasteiger partial charge in [0.2, 0.25) is 5.91 Å². The van der Waals surface area contributed by atoms with E-state index in [1.165, 1.54) is 23.1 Å². The monoisotopic (exact) mass is 404 g/mol. The molecule has 0 saturated heterocycles. The molecule has 1 unspecified atom stereocenters. The van der Waals surface area contributed by atoms with Crippen molar-refractivity contribution >= 4 is 45.4 Å². The maximum Gasteiger partial charge on any atom is 0.258 e. The van der Waals surface area contributed by atoms with E-state index in [1.54, 1.807) is 12.1 Å². The first-order chi connectivity index (χ1) is 12.7. The molecule has 1 aliphatic carbocycles. The highest BCUT2D eigenvalue weighted by Crippen LogP contribution is 2.44. The molecule has 0 radical (unpaired) electrons. The Labute approximate surface area is 169 Å². The van der Waals surface area contributed by atoms with Crippen LogP contribution >= 0.6 is 22.9 Å². The highest BCUT2D eigenvalue weighted by Gasteiger charge is 2.34. The van der Waals surface area contributed by atoms with Crippen molar-refractivity contribution in [2.75, 3.05) is 10.6 Å². The largest absolute Gasteiger partial charge is 0.321 e. The molecule has 2 N–H and O–H groups in total. The van der Waals surface area contributed by atoms with Gasteiger partial charge in [0.15, 0.2) is 0 Å². The van der Waals surface area contributed by atoms with Gasteiger partial charge >= 0.3 is 0 Å². The third-order valence-corrected chi connectivity index (χ3v) is 6.63. The SMILES string of the molecule is CC(=O)Nc1sc2c(c1C(=O)Nc1ccccc1Cl)CCC(C(C)(C)C)C2. The number of benzene rings is 1. The average molecular weight is 405 g/mol. The van der Waals surface area contributed by atoms with Gasteiger partial charge in [0.25, 0.3) is 5.91 Å². The summed E-state index contributed by atoms with van der Waals surface area (Å²) in [7, 11) is 0. The molecule has 27 heavy (non-hydrogen) atoms. The first kappa shape index (κ1) is 19.9. The topological polar surface area (TPSA) is 58.2 Å². The molecule has 6 heteroatoms. The molecule has 0 saturated carbocycles. The van der Waals surface area contributed by atoms with Crippen molar-refractivity contribution in [3.63, 3.8) is 0 Å². The van der Waals surface area contributed by atoms with Gasteiger partial charge in [0.1, 0.15) is 5.00 Å². The van der Waals surface area contributed by atoms with E-state index in [0.29, 0.717) is 27.2 Å². The fourth-order valence-corrected chi connectivity index (χ4v) is 5.11.